The van der Waals surface area contributed by atoms with Gasteiger partial charge in [-0.15, -0.1) is 0 Å². The van der Waals surface area contributed by atoms with Gasteiger partial charge in [0.2, 0.25) is 0 Å². The minimum atomic E-state index is -0.135. The van der Waals surface area contributed by atoms with Gasteiger partial charge in [0.05, 0.1) is 6.10 Å². The van der Waals surface area contributed by atoms with Gasteiger partial charge in [0, 0.05) is 6.04 Å². The Morgan fingerprint density at radius 3 is 2.63 bits per heavy atom. The van der Waals surface area contributed by atoms with Crippen molar-refractivity contribution in [2.75, 3.05) is 13.1 Å². The molecule has 19 heavy (non-hydrogen) atoms. The Kier molecular flexibility index (Phi) is 5.30. The highest BCUT2D eigenvalue weighted by Crippen LogP contribution is 2.38. The third kappa shape index (κ3) is 3.72. The van der Waals surface area contributed by atoms with Crippen molar-refractivity contribution in [3.05, 3.63) is 0 Å². The normalized spacial score (nSPS) is 36.9. The van der Waals surface area contributed by atoms with Crippen LogP contribution < -0.4 is 0 Å². The number of hydrogen-bond donors (Lipinski definition) is 1. The highest BCUT2D eigenvalue weighted by atomic mass is 16.3. The molecule has 2 nitrogen and oxygen atoms in total. The summed E-state index contributed by atoms with van der Waals surface area (Å²) in [6, 6.07) is 0.420. The van der Waals surface area contributed by atoms with Gasteiger partial charge in [-0.2, -0.15) is 0 Å². The van der Waals surface area contributed by atoms with E-state index in [0.717, 1.165) is 5.92 Å². The molecule has 1 saturated heterocycles. The Bertz CT molecular complexity index is 276. The van der Waals surface area contributed by atoms with E-state index in [1.807, 2.05) is 0 Å². The van der Waals surface area contributed by atoms with Crippen molar-refractivity contribution in [3.8, 4) is 0 Å². The smallest absolute Gasteiger partial charge is 0.0746 e. The van der Waals surface area contributed by atoms with E-state index in [2.05, 4.69) is 25.7 Å². The summed E-state index contributed by atoms with van der Waals surface area (Å²) in [6.07, 6.45) is 10.3. The number of likely N-dealkylation sites (tertiary alicyclic amines) is 1. The van der Waals surface area contributed by atoms with E-state index in [-0.39, 0.29) is 11.5 Å². The van der Waals surface area contributed by atoms with Crippen molar-refractivity contribution < 1.29 is 5.11 Å². The Morgan fingerprint density at radius 2 is 1.89 bits per heavy atom. The molecule has 0 aromatic rings. The van der Waals surface area contributed by atoms with Crippen LogP contribution in [0.15, 0.2) is 0 Å². The predicted octanol–water partition coefficient (Wildman–Crippen LogP) is 3.83. The summed E-state index contributed by atoms with van der Waals surface area (Å²) in [5, 5.41) is 10.7. The van der Waals surface area contributed by atoms with Crippen molar-refractivity contribution in [2.45, 2.75) is 84.3 Å². The highest BCUT2D eigenvalue weighted by Gasteiger charge is 2.40. The van der Waals surface area contributed by atoms with Crippen LogP contribution in [-0.2, 0) is 0 Å². The first-order valence-electron chi connectivity index (χ1n) is 8.46. The summed E-state index contributed by atoms with van der Waals surface area (Å²) in [5.74, 6) is 0.934. The predicted molar refractivity (Wildman–Crippen MR) is 81.2 cm³/mol. The fourth-order valence-electron chi connectivity index (χ4n) is 4.19. The fraction of sp³-hybridized carbons (Fsp3) is 1.00. The van der Waals surface area contributed by atoms with Gasteiger partial charge in [-0.1, -0.05) is 40.0 Å². The average molecular weight is 267 g/mol. The maximum Gasteiger partial charge on any atom is 0.0746 e. The van der Waals surface area contributed by atoms with Crippen molar-refractivity contribution in [3.63, 3.8) is 0 Å². The van der Waals surface area contributed by atoms with Crippen molar-refractivity contribution in [1.82, 2.24) is 4.90 Å². The molecule has 2 rings (SSSR count). The van der Waals surface area contributed by atoms with E-state index in [1.54, 1.807) is 0 Å². The molecule has 1 N–H and O–H groups in total. The summed E-state index contributed by atoms with van der Waals surface area (Å²) in [5.41, 5.74) is 0.109. The molecule has 0 aromatic carbocycles. The van der Waals surface area contributed by atoms with Crippen LogP contribution in [0, 0.1) is 11.3 Å². The lowest BCUT2D eigenvalue weighted by atomic mass is 9.72. The topological polar surface area (TPSA) is 23.5 Å². The van der Waals surface area contributed by atoms with Gasteiger partial charge in [-0.25, -0.2) is 0 Å². The summed E-state index contributed by atoms with van der Waals surface area (Å²) in [4.78, 5) is 2.61. The van der Waals surface area contributed by atoms with Crippen LogP contribution in [0.4, 0.5) is 0 Å². The first-order chi connectivity index (χ1) is 9.04. The molecule has 1 aliphatic heterocycles. The molecule has 3 atom stereocenters. The van der Waals surface area contributed by atoms with Crippen LogP contribution in [0.1, 0.15) is 72.1 Å². The maximum absolute atomic E-state index is 10.7. The first-order valence-corrected chi connectivity index (χ1v) is 8.46. The molecule has 0 aromatic heterocycles. The molecule has 1 heterocycles. The van der Waals surface area contributed by atoms with Crippen LogP contribution in [0.3, 0.4) is 0 Å². The minimum Gasteiger partial charge on any atom is -0.391 e. The summed E-state index contributed by atoms with van der Waals surface area (Å²) in [6.45, 7) is 9.19. The number of rotatable bonds is 3. The lowest BCUT2D eigenvalue weighted by molar-refractivity contribution is -0.0566. The number of nitrogens with zero attached hydrogens (tertiary/aromatic N) is 1. The second-order valence-corrected chi connectivity index (χ2v) is 7.51. The van der Waals surface area contributed by atoms with Gasteiger partial charge < -0.3 is 5.11 Å². The van der Waals surface area contributed by atoms with Crippen LogP contribution in [-0.4, -0.2) is 35.2 Å². The van der Waals surface area contributed by atoms with E-state index in [1.165, 1.54) is 64.5 Å². The third-order valence-corrected chi connectivity index (χ3v) is 5.53. The van der Waals surface area contributed by atoms with Gasteiger partial charge in [0.15, 0.2) is 0 Å². The van der Waals surface area contributed by atoms with Gasteiger partial charge in [-0.3, -0.25) is 4.90 Å². The Balaban J connectivity index is 1.94. The lowest BCUT2D eigenvalue weighted by Crippen LogP contribution is -2.52. The fourth-order valence-corrected chi connectivity index (χ4v) is 4.19. The molecule has 0 amide bonds. The van der Waals surface area contributed by atoms with E-state index in [0.29, 0.717) is 6.04 Å². The molecule has 0 bridgehead atoms. The first kappa shape index (κ1) is 15.3. The zero-order valence-electron chi connectivity index (χ0n) is 13.2. The van der Waals surface area contributed by atoms with E-state index >= 15 is 0 Å². The van der Waals surface area contributed by atoms with E-state index < -0.39 is 0 Å². The van der Waals surface area contributed by atoms with E-state index in [9.17, 15) is 5.11 Å². The number of hydrogen-bond acceptors (Lipinski definition) is 2. The second kappa shape index (κ2) is 6.58. The average Bonchev–Trinajstić information content (AvgIpc) is 2.59. The number of aliphatic hydroxyl groups is 1. The van der Waals surface area contributed by atoms with Crippen molar-refractivity contribution >= 4 is 0 Å². The Morgan fingerprint density at radius 1 is 1.11 bits per heavy atom. The molecule has 1 saturated carbocycles. The van der Waals surface area contributed by atoms with Crippen molar-refractivity contribution in [2.24, 2.45) is 11.3 Å². The molecular weight excluding hydrogens is 234 g/mol. The monoisotopic (exact) mass is 267 g/mol. The standard InChI is InChI=1S/C17H33NO/c1-4-7-14-8-6-12-18(13-10-14)15-9-5-11-17(2,3)16(15)19/h14-16,19H,4-13H2,1-3H3. The van der Waals surface area contributed by atoms with Crippen molar-refractivity contribution in [1.29, 1.82) is 0 Å². The zero-order chi connectivity index (χ0) is 13.9. The lowest BCUT2D eigenvalue weighted by Gasteiger charge is -2.45. The molecule has 2 heteroatoms. The van der Waals surface area contributed by atoms with Crippen LogP contribution in [0.2, 0.25) is 0 Å². The second-order valence-electron chi connectivity index (χ2n) is 7.51. The van der Waals surface area contributed by atoms with Gasteiger partial charge in [-0.05, 0) is 56.5 Å². The number of aliphatic hydroxyl groups excluding tert-OH is 1. The summed E-state index contributed by atoms with van der Waals surface area (Å²) < 4.78 is 0. The summed E-state index contributed by atoms with van der Waals surface area (Å²) in [7, 11) is 0. The minimum absolute atomic E-state index is 0.109. The molecule has 0 spiro atoms. The molecule has 0 radical (unpaired) electrons. The quantitative estimate of drug-likeness (QED) is 0.840. The van der Waals surface area contributed by atoms with Gasteiger partial charge in [0.25, 0.3) is 0 Å². The SMILES string of the molecule is CCCC1CCCN(C2CCCC(C)(C)C2O)CC1. The molecule has 2 fully saturated rings. The molecule has 112 valence electrons. The third-order valence-electron chi connectivity index (χ3n) is 5.53. The molecule has 2 aliphatic rings. The Labute approximate surface area is 119 Å². The Hall–Kier alpha value is -0.0800. The molecular formula is C17H33NO. The largest absolute Gasteiger partial charge is 0.391 e. The molecule has 3 unspecified atom stereocenters. The van der Waals surface area contributed by atoms with Crippen LogP contribution >= 0.6 is 0 Å². The summed E-state index contributed by atoms with van der Waals surface area (Å²) >= 11 is 0. The van der Waals surface area contributed by atoms with Crippen LogP contribution in [0.25, 0.3) is 0 Å². The maximum atomic E-state index is 10.7. The van der Waals surface area contributed by atoms with Gasteiger partial charge in [0.1, 0.15) is 0 Å². The van der Waals surface area contributed by atoms with E-state index in [4.69, 9.17) is 0 Å². The molecule has 1 aliphatic carbocycles. The van der Waals surface area contributed by atoms with Gasteiger partial charge >= 0.3 is 0 Å². The zero-order valence-corrected chi connectivity index (χ0v) is 13.2. The van der Waals surface area contributed by atoms with Crippen LogP contribution in [0.5, 0.6) is 0 Å². The highest BCUT2D eigenvalue weighted by molar-refractivity contribution is 4.94.